The van der Waals surface area contributed by atoms with E-state index in [-0.39, 0.29) is 5.82 Å². The van der Waals surface area contributed by atoms with Crippen molar-refractivity contribution in [3.8, 4) is 22.4 Å². The third-order valence-electron chi connectivity index (χ3n) is 5.47. The smallest absolute Gasteiger partial charge is 0.188 e. The van der Waals surface area contributed by atoms with Gasteiger partial charge < -0.3 is 11.1 Å². The molecule has 4 rings (SSSR count). The van der Waals surface area contributed by atoms with Crippen LogP contribution >= 0.6 is 0 Å². The molecule has 1 aromatic carbocycles. The summed E-state index contributed by atoms with van der Waals surface area (Å²) in [5, 5.41) is 7.96. The van der Waals surface area contributed by atoms with Gasteiger partial charge in [-0.15, -0.1) is 0 Å². The van der Waals surface area contributed by atoms with Crippen LogP contribution in [-0.4, -0.2) is 34.2 Å². The van der Waals surface area contributed by atoms with Gasteiger partial charge in [0.15, 0.2) is 5.96 Å². The summed E-state index contributed by atoms with van der Waals surface area (Å²) >= 11 is 0. The van der Waals surface area contributed by atoms with Gasteiger partial charge in [-0.3, -0.25) is 9.98 Å². The Morgan fingerprint density at radius 1 is 1.00 bits per heavy atom. The van der Waals surface area contributed by atoms with Crippen molar-refractivity contribution in [2.45, 2.75) is 25.7 Å². The number of unbranched alkanes of at least 4 members (excludes halogenated alkanes) is 2. The summed E-state index contributed by atoms with van der Waals surface area (Å²) in [5.74, 6) is 0.223. The van der Waals surface area contributed by atoms with Gasteiger partial charge in [-0.05, 0) is 72.9 Å². The van der Waals surface area contributed by atoms with Crippen LogP contribution in [0.15, 0.2) is 72.1 Å². The summed E-state index contributed by atoms with van der Waals surface area (Å²) in [7, 11) is 1.68. The number of halogens is 1. The Labute approximate surface area is 187 Å². The molecular weight excluding hydrogens is 403 g/mol. The highest BCUT2D eigenvalue weighted by Crippen LogP contribution is 2.35. The maximum Gasteiger partial charge on any atom is 0.188 e. The molecule has 0 bridgehead atoms. The lowest BCUT2D eigenvalue weighted by Gasteiger charge is -2.06. The van der Waals surface area contributed by atoms with Crippen LogP contribution in [0, 0.1) is 5.82 Å². The Morgan fingerprint density at radius 2 is 1.78 bits per heavy atom. The number of hydrogen-bond donors (Lipinski definition) is 2. The van der Waals surface area contributed by atoms with E-state index >= 15 is 0 Å². The number of aliphatic imine (C=N–C) groups is 1. The molecular formula is C25H27FN6. The van der Waals surface area contributed by atoms with Gasteiger partial charge in [0.1, 0.15) is 11.5 Å². The Hall–Kier alpha value is -3.74. The molecule has 0 amide bonds. The van der Waals surface area contributed by atoms with E-state index in [2.05, 4.69) is 33.6 Å². The summed E-state index contributed by atoms with van der Waals surface area (Å²) in [6, 6.07) is 14.7. The number of pyridine rings is 2. The molecule has 0 aliphatic heterocycles. The molecule has 0 radical (unpaired) electrons. The van der Waals surface area contributed by atoms with E-state index in [0.717, 1.165) is 60.1 Å². The van der Waals surface area contributed by atoms with Gasteiger partial charge in [-0.1, -0.05) is 12.5 Å². The first kappa shape index (κ1) is 21.5. The summed E-state index contributed by atoms with van der Waals surface area (Å²) in [5.41, 5.74) is 11.6. The second-order valence-electron chi connectivity index (χ2n) is 7.68. The lowest BCUT2D eigenvalue weighted by molar-refractivity contribution is 0.628. The molecule has 0 atom stereocenters. The van der Waals surface area contributed by atoms with Gasteiger partial charge in [0.25, 0.3) is 0 Å². The first-order valence-corrected chi connectivity index (χ1v) is 10.8. The SMILES string of the molecule is CN=C(N)NCCCCCc1ccc2c(-c3ccncc3)c(-c3ccc(F)cc3)nn2c1. The lowest BCUT2D eigenvalue weighted by atomic mass is 10.0. The molecule has 32 heavy (non-hydrogen) atoms. The predicted octanol–water partition coefficient (Wildman–Crippen LogP) is 4.45. The second kappa shape index (κ2) is 10.0. The summed E-state index contributed by atoms with van der Waals surface area (Å²) in [6.45, 7) is 0.831. The molecule has 0 aliphatic rings. The predicted molar refractivity (Wildman–Crippen MR) is 127 cm³/mol. The van der Waals surface area contributed by atoms with Crippen molar-refractivity contribution in [3.63, 3.8) is 0 Å². The third kappa shape index (κ3) is 4.94. The van der Waals surface area contributed by atoms with E-state index in [9.17, 15) is 4.39 Å². The Kier molecular flexibility index (Phi) is 6.75. The fourth-order valence-electron chi connectivity index (χ4n) is 3.78. The number of hydrogen-bond acceptors (Lipinski definition) is 3. The normalized spacial score (nSPS) is 11.8. The summed E-state index contributed by atoms with van der Waals surface area (Å²) in [4.78, 5) is 8.03. The van der Waals surface area contributed by atoms with E-state index < -0.39 is 0 Å². The highest BCUT2D eigenvalue weighted by Gasteiger charge is 2.16. The van der Waals surface area contributed by atoms with Crippen LogP contribution < -0.4 is 11.1 Å². The highest BCUT2D eigenvalue weighted by molar-refractivity contribution is 5.92. The van der Waals surface area contributed by atoms with Gasteiger partial charge in [-0.2, -0.15) is 5.10 Å². The quantitative estimate of drug-likeness (QED) is 0.246. The van der Waals surface area contributed by atoms with Crippen molar-refractivity contribution in [1.82, 2.24) is 19.9 Å². The molecule has 4 aromatic rings. The number of nitrogens with two attached hydrogens (primary N) is 1. The molecule has 0 fully saturated rings. The molecule has 0 spiro atoms. The lowest BCUT2D eigenvalue weighted by Crippen LogP contribution is -2.32. The number of guanidine groups is 1. The fourth-order valence-corrected chi connectivity index (χ4v) is 3.78. The van der Waals surface area contributed by atoms with Crippen molar-refractivity contribution >= 4 is 11.5 Å². The molecule has 0 unspecified atom stereocenters. The van der Waals surface area contributed by atoms with Crippen LogP contribution in [0.4, 0.5) is 4.39 Å². The van der Waals surface area contributed by atoms with Crippen LogP contribution in [0.1, 0.15) is 24.8 Å². The first-order chi connectivity index (χ1) is 15.7. The number of benzene rings is 1. The minimum atomic E-state index is -0.259. The van der Waals surface area contributed by atoms with Gasteiger partial charge in [0.05, 0.1) is 5.52 Å². The van der Waals surface area contributed by atoms with E-state index in [1.165, 1.54) is 17.7 Å². The minimum absolute atomic E-state index is 0.259. The van der Waals surface area contributed by atoms with Crippen molar-refractivity contribution < 1.29 is 4.39 Å². The maximum absolute atomic E-state index is 13.5. The van der Waals surface area contributed by atoms with Crippen LogP contribution in [0.3, 0.4) is 0 Å². The maximum atomic E-state index is 13.5. The zero-order chi connectivity index (χ0) is 22.3. The molecule has 3 heterocycles. The standard InChI is InChI=1S/C25H27FN6/c1-28-25(27)30-14-4-2-3-5-18-6-11-22-23(19-12-15-29-16-13-19)24(31-32(22)17-18)20-7-9-21(26)10-8-20/h6-13,15-17H,2-5,14H2,1H3,(H3,27,28,30). The molecule has 6 nitrogen and oxygen atoms in total. The molecule has 3 N–H and O–H groups in total. The molecule has 0 aliphatic carbocycles. The van der Waals surface area contributed by atoms with Gasteiger partial charge >= 0.3 is 0 Å². The van der Waals surface area contributed by atoms with E-state index in [1.54, 1.807) is 31.6 Å². The molecule has 164 valence electrons. The number of nitrogens with zero attached hydrogens (tertiary/aromatic N) is 4. The van der Waals surface area contributed by atoms with Crippen molar-refractivity contribution in [3.05, 3.63) is 78.5 Å². The van der Waals surface area contributed by atoms with Gasteiger partial charge in [-0.25, -0.2) is 8.91 Å². The first-order valence-electron chi connectivity index (χ1n) is 10.8. The van der Waals surface area contributed by atoms with Crippen LogP contribution in [-0.2, 0) is 6.42 Å². The Bertz CT molecular complexity index is 1200. The number of aryl methyl sites for hydroxylation is 1. The summed E-state index contributed by atoms with van der Waals surface area (Å²) in [6.07, 6.45) is 9.84. The highest BCUT2D eigenvalue weighted by atomic mass is 19.1. The van der Waals surface area contributed by atoms with Crippen LogP contribution in [0.2, 0.25) is 0 Å². The average Bonchev–Trinajstić information content (AvgIpc) is 3.20. The largest absolute Gasteiger partial charge is 0.370 e. The van der Waals surface area contributed by atoms with Gasteiger partial charge in [0.2, 0.25) is 0 Å². The number of fused-ring (bicyclic) bond motifs is 1. The summed E-state index contributed by atoms with van der Waals surface area (Å²) < 4.78 is 15.4. The third-order valence-corrected chi connectivity index (χ3v) is 5.47. The van der Waals surface area contributed by atoms with Crippen molar-refractivity contribution in [1.29, 1.82) is 0 Å². The van der Waals surface area contributed by atoms with Crippen molar-refractivity contribution in [2.75, 3.05) is 13.6 Å². The van der Waals surface area contributed by atoms with Gasteiger partial charge in [0, 0.05) is 43.3 Å². The van der Waals surface area contributed by atoms with Crippen LogP contribution in [0.25, 0.3) is 27.9 Å². The van der Waals surface area contributed by atoms with Crippen LogP contribution in [0.5, 0.6) is 0 Å². The monoisotopic (exact) mass is 430 g/mol. The zero-order valence-corrected chi connectivity index (χ0v) is 18.1. The number of nitrogens with one attached hydrogen (secondary N) is 1. The Morgan fingerprint density at radius 3 is 2.53 bits per heavy atom. The number of rotatable bonds is 8. The number of aromatic nitrogens is 3. The molecule has 7 heteroatoms. The topological polar surface area (TPSA) is 80.6 Å². The molecule has 0 saturated carbocycles. The fraction of sp³-hybridized carbons (Fsp3) is 0.240. The zero-order valence-electron chi connectivity index (χ0n) is 18.1. The van der Waals surface area contributed by atoms with Crippen molar-refractivity contribution in [2.24, 2.45) is 10.7 Å². The van der Waals surface area contributed by atoms with E-state index in [4.69, 9.17) is 10.8 Å². The van der Waals surface area contributed by atoms with E-state index in [1.807, 2.05) is 16.6 Å². The van der Waals surface area contributed by atoms with E-state index in [0.29, 0.717) is 5.96 Å². The Balaban J connectivity index is 1.56. The minimum Gasteiger partial charge on any atom is -0.370 e. The second-order valence-corrected chi connectivity index (χ2v) is 7.68. The average molecular weight is 431 g/mol. The molecule has 0 saturated heterocycles. The molecule has 3 aromatic heterocycles.